The van der Waals surface area contributed by atoms with Crippen molar-refractivity contribution in [3.05, 3.63) is 23.9 Å². The molecular weight excluding hydrogens is 148 g/mol. The molecule has 1 unspecified atom stereocenters. The Balaban J connectivity index is 0.00000144. The van der Waals surface area contributed by atoms with Gasteiger partial charge >= 0.3 is 0 Å². The number of rotatable bonds is 3. The molecule has 0 amide bonds. The van der Waals surface area contributed by atoms with Crippen molar-refractivity contribution in [3.63, 3.8) is 0 Å². The van der Waals surface area contributed by atoms with Gasteiger partial charge in [-0.1, -0.05) is 12.2 Å². The van der Waals surface area contributed by atoms with Gasteiger partial charge in [0.05, 0.1) is 0 Å². The second kappa shape index (κ2) is 4.88. The third-order valence-electron chi connectivity index (χ3n) is 2.13. The first kappa shape index (κ1) is 9.20. The molecule has 1 aliphatic rings. The van der Waals surface area contributed by atoms with Crippen molar-refractivity contribution in [2.24, 2.45) is 10.9 Å². The van der Waals surface area contributed by atoms with Gasteiger partial charge in [0.25, 0.3) is 0 Å². The van der Waals surface area contributed by atoms with Crippen LogP contribution in [0.3, 0.4) is 0 Å². The smallest absolute Gasteiger partial charge is 0.0295 e. The Morgan fingerprint density at radius 1 is 1.75 bits per heavy atom. The highest BCUT2D eigenvalue weighted by Crippen LogP contribution is 2.19. The van der Waals surface area contributed by atoms with E-state index in [1.807, 2.05) is 13.1 Å². The summed E-state index contributed by atoms with van der Waals surface area (Å²) < 4.78 is 0. The quantitative estimate of drug-likeness (QED) is 0.503. The van der Waals surface area contributed by atoms with E-state index in [9.17, 15) is 0 Å². The van der Waals surface area contributed by atoms with Crippen LogP contribution in [0.25, 0.3) is 0 Å². The third-order valence-corrected chi connectivity index (χ3v) is 2.13. The van der Waals surface area contributed by atoms with E-state index in [-0.39, 0.29) is 1.43 Å². The van der Waals surface area contributed by atoms with E-state index < -0.39 is 0 Å². The second-order valence-corrected chi connectivity index (χ2v) is 3.00. The zero-order chi connectivity index (χ0) is 8.81. The van der Waals surface area contributed by atoms with Gasteiger partial charge < -0.3 is 5.32 Å². The van der Waals surface area contributed by atoms with E-state index >= 15 is 0 Å². The molecule has 0 aromatic rings. The molecular formula is C10H18N2. The van der Waals surface area contributed by atoms with E-state index in [2.05, 4.69) is 29.2 Å². The molecule has 2 nitrogen and oxygen atoms in total. The Morgan fingerprint density at radius 2 is 2.58 bits per heavy atom. The summed E-state index contributed by atoms with van der Waals surface area (Å²) in [6, 6.07) is 0. The van der Waals surface area contributed by atoms with E-state index in [4.69, 9.17) is 0 Å². The van der Waals surface area contributed by atoms with E-state index in [1.54, 1.807) is 0 Å². The van der Waals surface area contributed by atoms with Crippen LogP contribution in [0.1, 0.15) is 14.8 Å². The molecule has 12 heavy (non-hydrogen) atoms. The molecule has 0 aromatic carbocycles. The van der Waals surface area contributed by atoms with Crippen LogP contribution in [0, 0.1) is 5.92 Å². The molecule has 1 fully saturated rings. The van der Waals surface area contributed by atoms with E-state index in [0.717, 1.165) is 13.1 Å². The van der Waals surface area contributed by atoms with Gasteiger partial charge in [0, 0.05) is 14.2 Å². The number of allylic oxidation sites excluding steroid dienone is 2. The predicted molar refractivity (Wildman–Crippen MR) is 55.5 cm³/mol. The van der Waals surface area contributed by atoms with Crippen LogP contribution in [0.2, 0.25) is 0 Å². The maximum absolute atomic E-state index is 3.81. The van der Waals surface area contributed by atoms with Crippen molar-refractivity contribution < 1.29 is 1.43 Å². The van der Waals surface area contributed by atoms with Crippen molar-refractivity contribution in [1.82, 2.24) is 5.32 Å². The first-order chi connectivity index (χ1) is 5.88. The molecule has 68 valence electrons. The summed E-state index contributed by atoms with van der Waals surface area (Å²) in [5, 5.41) is 3.33. The van der Waals surface area contributed by atoms with Gasteiger partial charge in [-0.25, -0.2) is 0 Å². The lowest BCUT2D eigenvalue weighted by atomic mass is 9.99. The fourth-order valence-corrected chi connectivity index (χ4v) is 1.52. The molecule has 1 aliphatic heterocycles. The van der Waals surface area contributed by atoms with E-state index in [1.165, 1.54) is 12.0 Å². The fourth-order valence-electron chi connectivity index (χ4n) is 1.52. The zero-order valence-electron chi connectivity index (χ0n) is 7.59. The van der Waals surface area contributed by atoms with Crippen LogP contribution in [-0.2, 0) is 0 Å². The number of nitrogens with zero attached hydrogens (tertiary/aromatic N) is 1. The lowest BCUT2D eigenvalue weighted by Gasteiger charge is -2.07. The minimum absolute atomic E-state index is 0. The van der Waals surface area contributed by atoms with Crippen LogP contribution >= 0.6 is 0 Å². The van der Waals surface area contributed by atoms with Crippen molar-refractivity contribution in [2.45, 2.75) is 13.3 Å². The van der Waals surface area contributed by atoms with Gasteiger partial charge in [-0.3, -0.25) is 4.99 Å². The predicted octanol–water partition coefficient (Wildman–Crippen LogP) is 2.00. The molecule has 1 atom stereocenters. The summed E-state index contributed by atoms with van der Waals surface area (Å²) in [5.74, 6) is 0.631. The zero-order valence-corrected chi connectivity index (χ0v) is 7.59. The standard InChI is InChI=1S/C10H16N2.H2/c1-3-4-9(7-11-2)10-5-6-12-8-10;/h3-4,7,10,12H,2,5-6,8H2,1H3;1H/b4-3-,9-7+;. The summed E-state index contributed by atoms with van der Waals surface area (Å²) in [6.07, 6.45) is 7.24. The average molecular weight is 166 g/mol. The maximum Gasteiger partial charge on any atom is 0.0295 e. The molecule has 2 heteroatoms. The first-order valence-electron chi connectivity index (χ1n) is 4.37. The SMILES string of the molecule is C=N/C=C(\C=C/C)C1CCNC1.[HH]. The lowest BCUT2D eigenvalue weighted by molar-refractivity contribution is 0.696. The van der Waals surface area contributed by atoms with Gasteiger partial charge in [0.1, 0.15) is 0 Å². The van der Waals surface area contributed by atoms with Gasteiger partial charge in [-0.2, -0.15) is 0 Å². The van der Waals surface area contributed by atoms with Gasteiger partial charge in [0.2, 0.25) is 0 Å². The number of aliphatic imine (C=N–C) groups is 1. The number of hydrogen-bond donors (Lipinski definition) is 1. The molecule has 1 heterocycles. The third kappa shape index (κ3) is 2.31. The van der Waals surface area contributed by atoms with Gasteiger partial charge in [0.15, 0.2) is 0 Å². The summed E-state index contributed by atoms with van der Waals surface area (Å²) in [7, 11) is 0. The minimum Gasteiger partial charge on any atom is -0.316 e. The van der Waals surface area contributed by atoms with Crippen molar-refractivity contribution in [1.29, 1.82) is 0 Å². The molecule has 0 aromatic heterocycles. The molecule has 1 N–H and O–H groups in total. The lowest BCUT2D eigenvalue weighted by Crippen LogP contribution is -2.09. The molecule has 0 spiro atoms. The Bertz CT molecular complexity index is 203. The Kier molecular flexibility index (Phi) is 3.74. The minimum atomic E-state index is 0. The largest absolute Gasteiger partial charge is 0.316 e. The summed E-state index contributed by atoms with van der Waals surface area (Å²) in [6.45, 7) is 7.70. The highest BCUT2D eigenvalue weighted by Gasteiger charge is 2.16. The molecule has 0 saturated carbocycles. The molecule has 0 bridgehead atoms. The van der Waals surface area contributed by atoms with Crippen LogP contribution in [0.5, 0.6) is 0 Å². The molecule has 0 aliphatic carbocycles. The Hall–Kier alpha value is -0.890. The van der Waals surface area contributed by atoms with Crippen LogP contribution in [-0.4, -0.2) is 19.8 Å². The highest BCUT2D eigenvalue weighted by atomic mass is 14.9. The Labute approximate surface area is 75.6 Å². The highest BCUT2D eigenvalue weighted by molar-refractivity contribution is 5.30. The fraction of sp³-hybridized carbons (Fsp3) is 0.500. The van der Waals surface area contributed by atoms with Crippen LogP contribution in [0.15, 0.2) is 28.9 Å². The normalized spacial score (nSPS) is 25.1. The topological polar surface area (TPSA) is 24.4 Å². The first-order valence-corrected chi connectivity index (χ1v) is 4.37. The average Bonchev–Trinajstić information content (AvgIpc) is 2.56. The second-order valence-electron chi connectivity index (χ2n) is 3.00. The van der Waals surface area contributed by atoms with Crippen LogP contribution < -0.4 is 5.32 Å². The number of hydrogen-bond acceptors (Lipinski definition) is 2. The molecule has 1 rings (SSSR count). The molecule has 1 saturated heterocycles. The van der Waals surface area contributed by atoms with Crippen molar-refractivity contribution >= 4 is 6.72 Å². The Morgan fingerprint density at radius 3 is 3.08 bits per heavy atom. The van der Waals surface area contributed by atoms with Gasteiger partial charge in [-0.15, -0.1) is 0 Å². The van der Waals surface area contributed by atoms with Crippen molar-refractivity contribution in [2.75, 3.05) is 13.1 Å². The summed E-state index contributed by atoms with van der Waals surface area (Å²) in [4.78, 5) is 3.81. The number of nitrogens with one attached hydrogen (secondary N) is 1. The molecule has 0 radical (unpaired) electrons. The monoisotopic (exact) mass is 166 g/mol. The van der Waals surface area contributed by atoms with Crippen molar-refractivity contribution in [3.8, 4) is 0 Å². The maximum atomic E-state index is 3.81. The summed E-state index contributed by atoms with van der Waals surface area (Å²) in [5.41, 5.74) is 1.29. The summed E-state index contributed by atoms with van der Waals surface area (Å²) >= 11 is 0. The van der Waals surface area contributed by atoms with Gasteiger partial charge in [-0.05, 0) is 38.1 Å². The van der Waals surface area contributed by atoms with E-state index in [0.29, 0.717) is 5.92 Å². The van der Waals surface area contributed by atoms with Crippen LogP contribution in [0.4, 0.5) is 0 Å².